The number of thiophene rings is 1. The number of carbonyl (C=O) groups is 1. The Kier molecular flexibility index (Phi) is 5.06. The summed E-state index contributed by atoms with van der Waals surface area (Å²) < 4.78 is 1.86. The lowest BCUT2D eigenvalue weighted by Gasteiger charge is -2.30. The molecule has 0 radical (unpaired) electrons. The molecular formula is C23H28N6OS. The van der Waals surface area contributed by atoms with Gasteiger partial charge in [0.1, 0.15) is 11.2 Å². The number of aromatic amines is 1. The molecule has 0 aliphatic carbocycles. The summed E-state index contributed by atoms with van der Waals surface area (Å²) in [5.74, 6) is 0.707. The average molecular weight is 437 g/mol. The smallest absolute Gasteiger partial charge is 0.231 e. The molecule has 0 unspecified atom stereocenters. The number of piperidine rings is 1. The highest BCUT2D eigenvalue weighted by Gasteiger charge is 2.25. The molecule has 8 heteroatoms. The lowest BCUT2D eigenvalue weighted by Crippen LogP contribution is -2.38. The molecule has 162 valence electrons. The number of carbonyl (C=O) groups excluding carboxylic acids is 1. The van der Waals surface area contributed by atoms with Gasteiger partial charge in [0.15, 0.2) is 5.65 Å². The maximum Gasteiger partial charge on any atom is 0.231 e. The summed E-state index contributed by atoms with van der Waals surface area (Å²) in [5.41, 5.74) is 11.1. The first-order valence-electron chi connectivity index (χ1n) is 10.9. The van der Waals surface area contributed by atoms with Crippen LogP contribution in [-0.4, -0.2) is 50.0 Å². The molecule has 1 aliphatic heterocycles. The molecule has 5 heterocycles. The lowest BCUT2D eigenvalue weighted by atomic mass is 9.93. The van der Waals surface area contributed by atoms with Gasteiger partial charge in [0.2, 0.25) is 5.91 Å². The number of primary amides is 1. The van der Waals surface area contributed by atoms with Crippen LogP contribution in [0.4, 0.5) is 0 Å². The minimum absolute atomic E-state index is 0.240. The third-order valence-electron chi connectivity index (χ3n) is 6.34. The number of hydrogen-bond donors (Lipinski definition) is 2. The first kappa shape index (κ1) is 20.2. The molecule has 0 bridgehead atoms. The van der Waals surface area contributed by atoms with Crippen LogP contribution >= 0.6 is 11.3 Å². The fourth-order valence-electron chi connectivity index (χ4n) is 4.87. The average Bonchev–Trinajstić information content (AvgIpc) is 3.41. The van der Waals surface area contributed by atoms with E-state index >= 15 is 0 Å². The van der Waals surface area contributed by atoms with Gasteiger partial charge in [-0.05, 0) is 68.0 Å². The Morgan fingerprint density at radius 1 is 1.32 bits per heavy atom. The van der Waals surface area contributed by atoms with Crippen molar-refractivity contribution in [3.05, 3.63) is 40.7 Å². The first-order valence-corrected chi connectivity index (χ1v) is 11.7. The number of fused-ring (bicyclic) bond motifs is 2. The van der Waals surface area contributed by atoms with E-state index in [1.54, 1.807) is 6.33 Å². The van der Waals surface area contributed by atoms with Crippen molar-refractivity contribution in [3.8, 4) is 11.3 Å². The molecular weight excluding hydrogens is 408 g/mol. The van der Waals surface area contributed by atoms with Crippen molar-refractivity contribution in [2.75, 3.05) is 19.6 Å². The number of hydrogen-bond acceptors (Lipinski definition) is 5. The summed E-state index contributed by atoms with van der Waals surface area (Å²) in [4.78, 5) is 24.1. The van der Waals surface area contributed by atoms with Crippen molar-refractivity contribution in [1.29, 1.82) is 0 Å². The molecule has 4 aromatic heterocycles. The number of likely N-dealkylation sites (tertiary alicyclic amines) is 1. The quantitative estimate of drug-likeness (QED) is 0.494. The summed E-state index contributed by atoms with van der Waals surface area (Å²) in [7, 11) is 0. The van der Waals surface area contributed by atoms with Gasteiger partial charge in [-0.15, -0.1) is 11.3 Å². The van der Waals surface area contributed by atoms with Crippen LogP contribution in [0.25, 0.3) is 27.1 Å². The van der Waals surface area contributed by atoms with Crippen molar-refractivity contribution in [2.24, 2.45) is 5.73 Å². The molecule has 0 spiro atoms. The molecule has 1 aliphatic rings. The monoisotopic (exact) mass is 436 g/mol. The van der Waals surface area contributed by atoms with Crippen molar-refractivity contribution < 1.29 is 4.79 Å². The number of nitrogens with two attached hydrogens (primary N) is 1. The molecule has 4 aromatic rings. The first-order chi connectivity index (χ1) is 14.9. The van der Waals surface area contributed by atoms with E-state index in [4.69, 9.17) is 5.73 Å². The molecule has 31 heavy (non-hydrogen) atoms. The predicted octanol–water partition coefficient (Wildman–Crippen LogP) is 4.04. The maximum atomic E-state index is 11.2. The fourth-order valence-corrected chi connectivity index (χ4v) is 6.12. The Bertz CT molecular complexity index is 1260. The van der Waals surface area contributed by atoms with Crippen LogP contribution in [0.15, 0.2) is 24.7 Å². The zero-order valence-corrected chi connectivity index (χ0v) is 19.0. The van der Waals surface area contributed by atoms with Gasteiger partial charge < -0.3 is 10.7 Å². The van der Waals surface area contributed by atoms with Gasteiger partial charge in [0.05, 0.1) is 12.2 Å². The van der Waals surface area contributed by atoms with Crippen molar-refractivity contribution in [2.45, 2.75) is 45.4 Å². The largest absolute Gasteiger partial charge is 0.369 e. The summed E-state index contributed by atoms with van der Waals surface area (Å²) in [5, 5.41) is 5.68. The van der Waals surface area contributed by atoms with E-state index in [1.165, 1.54) is 26.4 Å². The maximum absolute atomic E-state index is 11.2. The van der Waals surface area contributed by atoms with Crippen LogP contribution in [0.3, 0.4) is 0 Å². The van der Waals surface area contributed by atoms with Gasteiger partial charge in [-0.1, -0.05) is 13.8 Å². The topological polar surface area (TPSA) is 92.3 Å². The third kappa shape index (κ3) is 3.64. The second kappa shape index (κ2) is 7.76. The lowest BCUT2D eigenvalue weighted by molar-refractivity contribution is -0.119. The Balaban J connectivity index is 1.49. The van der Waals surface area contributed by atoms with Gasteiger partial charge >= 0.3 is 0 Å². The number of aryl methyl sites for hydroxylation is 1. The Labute approximate surface area is 185 Å². The standard InChI is InChI=1S/C23H28N6OS/c1-13(2)20-17-9-18(15-4-6-28(7-5-15)11-19(24)30)31-23(17)27-21(20)16-8-14(3)22-25-12-26-29(22)10-16/h8-10,12-13,15,27H,4-7,11H2,1-3H3,(H2,24,30). The molecule has 0 saturated carbocycles. The van der Waals surface area contributed by atoms with E-state index in [-0.39, 0.29) is 5.91 Å². The highest BCUT2D eigenvalue weighted by molar-refractivity contribution is 7.18. The van der Waals surface area contributed by atoms with Crippen molar-refractivity contribution in [3.63, 3.8) is 0 Å². The SMILES string of the molecule is Cc1cc(-c2[nH]c3sc(C4CCN(CC(N)=O)CC4)cc3c2C(C)C)cn2ncnc12. The predicted molar refractivity (Wildman–Crippen MR) is 125 cm³/mol. The van der Waals surface area contributed by atoms with E-state index in [0.717, 1.165) is 42.7 Å². The van der Waals surface area contributed by atoms with E-state index < -0.39 is 0 Å². The molecule has 1 amide bonds. The number of nitrogens with zero attached hydrogens (tertiary/aromatic N) is 4. The number of pyridine rings is 1. The Morgan fingerprint density at radius 2 is 2.10 bits per heavy atom. The van der Waals surface area contributed by atoms with Gasteiger partial charge in [0.25, 0.3) is 0 Å². The van der Waals surface area contributed by atoms with E-state index in [2.05, 4.69) is 59.1 Å². The van der Waals surface area contributed by atoms with Crippen LogP contribution in [0.2, 0.25) is 0 Å². The van der Waals surface area contributed by atoms with Gasteiger partial charge in [-0.3, -0.25) is 9.69 Å². The minimum Gasteiger partial charge on any atom is -0.369 e. The minimum atomic E-state index is -0.240. The summed E-state index contributed by atoms with van der Waals surface area (Å²) in [6, 6.07) is 4.59. The van der Waals surface area contributed by atoms with Crippen molar-refractivity contribution in [1.82, 2.24) is 24.5 Å². The second-order valence-electron chi connectivity index (χ2n) is 8.92. The molecule has 5 rings (SSSR count). The van der Waals surface area contributed by atoms with Crippen LogP contribution in [-0.2, 0) is 4.79 Å². The van der Waals surface area contributed by atoms with Crippen LogP contribution < -0.4 is 5.73 Å². The van der Waals surface area contributed by atoms with Crippen molar-refractivity contribution >= 4 is 33.1 Å². The van der Waals surface area contributed by atoms with Gasteiger partial charge in [0, 0.05) is 22.0 Å². The molecule has 0 atom stereocenters. The molecule has 7 nitrogen and oxygen atoms in total. The summed E-state index contributed by atoms with van der Waals surface area (Å²) in [6.07, 6.45) is 5.81. The molecule has 3 N–H and O–H groups in total. The number of rotatable bonds is 5. The van der Waals surface area contributed by atoms with E-state index in [0.29, 0.717) is 18.4 Å². The molecule has 1 fully saturated rings. The summed E-state index contributed by atoms with van der Waals surface area (Å²) in [6.45, 7) is 8.82. The van der Waals surface area contributed by atoms with Crippen LogP contribution in [0.5, 0.6) is 0 Å². The second-order valence-corrected chi connectivity index (χ2v) is 10.0. The number of H-pyrrole nitrogens is 1. The highest BCUT2D eigenvalue weighted by atomic mass is 32.1. The highest BCUT2D eigenvalue weighted by Crippen LogP contribution is 2.43. The van der Waals surface area contributed by atoms with E-state index in [9.17, 15) is 4.79 Å². The van der Waals surface area contributed by atoms with E-state index in [1.807, 2.05) is 15.9 Å². The Morgan fingerprint density at radius 3 is 2.81 bits per heavy atom. The van der Waals surface area contributed by atoms with Crippen LogP contribution in [0, 0.1) is 6.92 Å². The molecule has 1 saturated heterocycles. The molecule has 0 aromatic carbocycles. The zero-order valence-electron chi connectivity index (χ0n) is 18.2. The number of aromatic nitrogens is 4. The van der Waals surface area contributed by atoms with Gasteiger partial charge in [-0.25, -0.2) is 9.50 Å². The van der Waals surface area contributed by atoms with Crippen LogP contribution in [0.1, 0.15) is 54.5 Å². The normalized spacial score (nSPS) is 16.1. The fraction of sp³-hybridized carbons (Fsp3) is 0.435. The Hall–Kier alpha value is -2.71. The summed E-state index contributed by atoms with van der Waals surface area (Å²) >= 11 is 1.88. The number of amides is 1. The zero-order chi connectivity index (χ0) is 21.7. The number of nitrogens with one attached hydrogen (secondary N) is 1. The third-order valence-corrected chi connectivity index (χ3v) is 7.56. The van der Waals surface area contributed by atoms with Gasteiger partial charge in [-0.2, -0.15) is 5.10 Å².